The topological polar surface area (TPSA) is 35.8 Å². The second kappa shape index (κ2) is 8.13. The minimum absolute atomic E-state index is 0. The second-order valence-corrected chi connectivity index (χ2v) is 4.78. The van der Waals surface area contributed by atoms with Crippen molar-refractivity contribution in [3.63, 3.8) is 0 Å². The fourth-order valence-electron chi connectivity index (χ4n) is 2.14. The molecule has 3 nitrogen and oxygen atoms in total. The number of amidine groups is 1. The van der Waals surface area contributed by atoms with Crippen molar-refractivity contribution in [2.75, 3.05) is 5.06 Å². The Morgan fingerprint density at radius 1 is 0.696 bits per heavy atom. The highest BCUT2D eigenvalue weighted by atomic mass is 35.5. The second-order valence-electron chi connectivity index (χ2n) is 4.78. The Hall–Kier alpha value is -2.62. The molecule has 1 N–H and O–H groups in total. The van der Waals surface area contributed by atoms with Crippen molar-refractivity contribution in [2.24, 2.45) is 4.99 Å². The van der Waals surface area contributed by atoms with E-state index in [1.807, 2.05) is 91.0 Å². The molecule has 0 aliphatic heterocycles. The molecule has 0 heterocycles. The van der Waals surface area contributed by atoms with Crippen molar-refractivity contribution in [3.05, 3.63) is 96.6 Å². The lowest BCUT2D eigenvalue weighted by atomic mass is 10.2. The van der Waals surface area contributed by atoms with Crippen molar-refractivity contribution in [3.8, 4) is 0 Å². The van der Waals surface area contributed by atoms with Gasteiger partial charge in [0, 0.05) is 5.56 Å². The summed E-state index contributed by atoms with van der Waals surface area (Å²) < 4.78 is 0. The van der Waals surface area contributed by atoms with E-state index >= 15 is 0 Å². The number of hydrogen-bond donors (Lipinski definition) is 1. The summed E-state index contributed by atoms with van der Waals surface area (Å²) in [6.07, 6.45) is 0. The van der Waals surface area contributed by atoms with Crippen LogP contribution in [0.3, 0.4) is 0 Å². The first-order valence-electron chi connectivity index (χ1n) is 7.08. The molecule has 116 valence electrons. The predicted octanol–water partition coefficient (Wildman–Crippen LogP) is 5.08. The molecular weight excluding hydrogens is 308 g/mol. The van der Waals surface area contributed by atoms with E-state index < -0.39 is 0 Å². The van der Waals surface area contributed by atoms with Gasteiger partial charge in [0.1, 0.15) is 0 Å². The highest BCUT2D eigenvalue weighted by Crippen LogP contribution is 2.19. The van der Waals surface area contributed by atoms with Crippen molar-refractivity contribution in [1.82, 2.24) is 0 Å². The average Bonchev–Trinajstić information content (AvgIpc) is 2.61. The number of rotatable bonds is 3. The van der Waals surface area contributed by atoms with Crippen LogP contribution in [0.1, 0.15) is 5.56 Å². The minimum atomic E-state index is 0. The van der Waals surface area contributed by atoms with Gasteiger partial charge in [0.2, 0.25) is 0 Å². The molecule has 0 saturated carbocycles. The molecule has 0 unspecified atom stereocenters. The summed E-state index contributed by atoms with van der Waals surface area (Å²) in [4.78, 5) is 4.60. The van der Waals surface area contributed by atoms with Crippen LogP contribution in [0.4, 0.5) is 11.4 Å². The number of aliphatic imine (C=N–C) groups is 1. The van der Waals surface area contributed by atoms with Crippen LogP contribution >= 0.6 is 12.4 Å². The third-order valence-corrected chi connectivity index (χ3v) is 3.22. The van der Waals surface area contributed by atoms with E-state index in [9.17, 15) is 5.21 Å². The summed E-state index contributed by atoms with van der Waals surface area (Å²) in [5.41, 5.74) is 2.30. The van der Waals surface area contributed by atoms with Gasteiger partial charge < -0.3 is 0 Å². The zero-order valence-corrected chi connectivity index (χ0v) is 13.2. The SMILES string of the molecule is Cl.ON(C(=Nc1ccccc1)c1ccccc1)c1ccccc1. The molecule has 0 aliphatic rings. The van der Waals surface area contributed by atoms with Gasteiger partial charge in [-0.25, -0.2) is 10.1 Å². The van der Waals surface area contributed by atoms with Gasteiger partial charge in [0.05, 0.1) is 11.4 Å². The number of para-hydroxylation sites is 2. The zero-order chi connectivity index (χ0) is 15.2. The Morgan fingerprint density at radius 2 is 1.17 bits per heavy atom. The maximum atomic E-state index is 10.6. The summed E-state index contributed by atoms with van der Waals surface area (Å²) >= 11 is 0. The van der Waals surface area contributed by atoms with Gasteiger partial charge in [0.15, 0.2) is 5.84 Å². The van der Waals surface area contributed by atoms with Crippen LogP contribution in [0.15, 0.2) is 96.0 Å². The van der Waals surface area contributed by atoms with Crippen molar-refractivity contribution in [1.29, 1.82) is 0 Å². The van der Waals surface area contributed by atoms with E-state index in [1.165, 1.54) is 0 Å². The molecule has 0 amide bonds. The molecule has 23 heavy (non-hydrogen) atoms. The predicted molar refractivity (Wildman–Crippen MR) is 97.0 cm³/mol. The number of benzene rings is 3. The van der Waals surface area contributed by atoms with Crippen LogP contribution in [0.5, 0.6) is 0 Å². The molecule has 0 fully saturated rings. The number of anilines is 1. The van der Waals surface area contributed by atoms with Crippen molar-refractivity contribution >= 4 is 29.6 Å². The lowest BCUT2D eigenvalue weighted by Crippen LogP contribution is -2.27. The van der Waals surface area contributed by atoms with Crippen LogP contribution in [0.25, 0.3) is 0 Å². The van der Waals surface area contributed by atoms with Gasteiger partial charge in [0.25, 0.3) is 0 Å². The van der Waals surface area contributed by atoms with Crippen LogP contribution in [-0.2, 0) is 0 Å². The van der Waals surface area contributed by atoms with Gasteiger partial charge in [-0.1, -0.05) is 66.7 Å². The largest absolute Gasteiger partial charge is 0.282 e. The van der Waals surface area contributed by atoms with Crippen LogP contribution in [-0.4, -0.2) is 11.0 Å². The number of nitrogens with zero attached hydrogens (tertiary/aromatic N) is 2. The van der Waals surface area contributed by atoms with Gasteiger partial charge in [-0.3, -0.25) is 5.21 Å². The number of hydroxylamine groups is 1. The first-order valence-corrected chi connectivity index (χ1v) is 7.08. The molecule has 0 aromatic heterocycles. The maximum absolute atomic E-state index is 10.6. The van der Waals surface area contributed by atoms with E-state index in [0.29, 0.717) is 11.5 Å². The number of hydrogen-bond acceptors (Lipinski definition) is 2. The zero-order valence-electron chi connectivity index (χ0n) is 12.4. The van der Waals surface area contributed by atoms with Gasteiger partial charge in [-0.05, 0) is 24.3 Å². The third-order valence-electron chi connectivity index (χ3n) is 3.22. The van der Waals surface area contributed by atoms with Gasteiger partial charge >= 0.3 is 0 Å². The highest BCUT2D eigenvalue weighted by Gasteiger charge is 2.13. The lowest BCUT2D eigenvalue weighted by molar-refractivity contribution is 0.313. The molecule has 0 atom stereocenters. The molecular formula is C19H17ClN2O. The van der Waals surface area contributed by atoms with Gasteiger partial charge in [-0.15, -0.1) is 12.4 Å². The molecule has 3 rings (SSSR count). The van der Waals surface area contributed by atoms with E-state index in [-0.39, 0.29) is 12.4 Å². The molecule has 3 aromatic carbocycles. The van der Waals surface area contributed by atoms with Crippen molar-refractivity contribution in [2.45, 2.75) is 0 Å². The van der Waals surface area contributed by atoms with Crippen LogP contribution in [0.2, 0.25) is 0 Å². The Bertz CT molecular complexity index is 746. The summed E-state index contributed by atoms with van der Waals surface area (Å²) in [6.45, 7) is 0. The fraction of sp³-hybridized carbons (Fsp3) is 0. The molecule has 0 bridgehead atoms. The standard InChI is InChI=1S/C19H16N2O.ClH/c22-21(18-14-8-3-9-15-18)19(16-10-4-1-5-11-16)20-17-12-6-2-7-13-17;/h1-15,22H;1H. The quantitative estimate of drug-likeness (QED) is 0.414. The monoisotopic (exact) mass is 324 g/mol. The normalized spacial score (nSPS) is 10.7. The molecule has 0 saturated heterocycles. The van der Waals surface area contributed by atoms with Crippen LogP contribution < -0.4 is 5.06 Å². The van der Waals surface area contributed by atoms with Crippen LogP contribution in [0, 0.1) is 0 Å². The van der Waals surface area contributed by atoms with E-state index in [1.54, 1.807) is 0 Å². The average molecular weight is 325 g/mol. The lowest BCUT2D eigenvalue weighted by Gasteiger charge is -2.19. The summed E-state index contributed by atoms with van der Waals surface area (Å²) in [5, 5.41) is 11.7. The Balaban J connectivity index is 0.00000192. The molecule has 4 heteroatoms. The Morgan fingerprint density at radius 3 is 1.74 bits per heavy atom. The molecule has 0 aliphatic carbocycles. The number of halogens is 1. The first-order chi connectivity index (χ1) is 10.8. The maximum Gasteiger partial charge on any atom is 0.165 e. The minimum Gasteiger partial charge on any atom is -0.282 e. The molecule has 0 spiro atoms. The van der Waals surface area contributed by atoms with E-state index in [2.05, 4.69) is 4.99 Å². The third kappa shape index (κ3) is 4.19. The Kier molecular flexibility index (Phi) is 5.92. The highest BCUT2D eigenvalue weighted by molar-refractivity contribution is 6.09. The smallest absolute Gasteiger partial charge is 0.165 e. The first kappa shape index (κ1) is 16.7. The summed E-state index contributed by atoms with van der Waals surface area (Å²) in [6, 6.07) is 28.6. The van der Waals surface area contributed by atoms with E-state index in [4.69, 9.17) is 0 Å². The summed E-state index contributed by atoms with van der Waals surface area (Å²) in [7, 11) is 0. The van der Waals surface area contributed by atoms with E-state index in [0.717, 1.165) is 16.3 Å². The fourth-order valence-corrected chi connectivity index (χ4v) is 2.14. The summed E-state index contributed by atoms with van der Waals surface area (Å²) in [5.74, 6) is 0.484. The molecule has 0 radical (unpaired) electrons. The Labute approximate surface area is 141 Å². The van der Waals surface area contributed by atoms with Gasteiger partial charge in [-0.2, -0.15) is 0 Å². The van der Waals surface area contributed by atoms with Crippen molar-refractivity contribution < 1.29 is 5.21 Å². The molecule has 3 aromatic rings.